The van der Waals surface area contributed by atoms with Gasteiger partial charge in [-0.05, 0) is 35.6 Å². The van der Waals surface area contributed by atoms with Gasteiger partial charge in [-0.3, -0.25) is 0 Å². The van der Waals surface area contributed by atoms with Gasteiger partial charge < -0.3 is 4.57 Å². The Labute approximate surface area is 167 Å². The minimum Gasteiger partial charge on any atom is -0.343 e. The number of fused-ring (bicyclic) bond motifs is 3. The number of aromatic nitrogens is 1. The fraction of sp³-hybridized carbons (Fsp3) is 0.0769. The van der Waals surface area contributed by atoms with Crippen molar-refractivity contribution in [3.63, 3.8) is 0 Å². The summed E-state index contributed by atoms with van der Waals surface area (Å²) in [4.78, 5) is 0. The van der Waals surface area contributed by atoms with E-state index in [4.69, 9.17) is 0 Å². The van der Waals surface area contributed by atoms with Gasteiger partial charge in [0.1, 0.15) is 7.05 Å². The molecule has 6 rings (SSSR count). The van der Waals surface area contributed by atoms with Crippen molar-refractivity contribution >= 4 is 27.4 Å². The molecule has 0 N–H and O–H groups in total. The number of aryl methyl sites for hydroxylation is 1. The Morgan fingerprint density at radius 3 is 2.59 bits per heavy atom. The highest BCUT2D eigenvalue weighted by Crippen LogP contribution is 2.33. The normalized spacial score (nSPS) is 13.6. The SMILES string of the molecule is Cn1c(=c2ccc3c(c2)-c2ccccc2[N+]=3C)c2ccc(C#N)c3cccc1c32. The second-order valence-corrected chi connectivity index (χ2v) is 7.69. The van der Waals surface area contributed by atoms with E-state index < -0.39 is 0 Å². The largest absolute Gasteiger partial charge is 0.343 e. The molecule has 1 aliphatic rings. The van der Waals surface area contributed by atoms with Gasteiger partial charge in [0.15, 0.2) is 0 Å². The summed E-state index contributed by atoms with van der Waals surface area (Å²) >= 11 is 0. The quantitative estimate of drug-likeness (QED) is 0.364. The van der Waals surface area contributed by atoms with Crippen LogP contribution in [-0.4, -0.2) is 11.6 Å². The van der Waals surface area contributed by atoms with Crippen molar-refractivity contribution in [1.82, 2.24) is 9.14 Å². The number of hydrogen-bond donors (Lipinski definition) is 0. The topological polar surface area (TPSA) is 31.7 Å². The predicted molar refractivity (Wildman–Crippen MR) is 117 cm³/mol. The first kappa shape index (κ1) is 16.1. The minimum atomic E-state index is 0.727. The lowest BCUT2D eigenvalue weighted by molar-refractivity contribution is 0.916. The third-order valence-corrected chi connectivity index (χ3v) is 6.28. The van der Waals surface area contributed by atoms with Crippen LogP contribution in [-0.2, 0) is 7.05 Å². The molecule has 0 radical (unpaired) electrons. The van der Waals surface area contributed by atoms with Crippen LogP contribution in [0, 0.1) is 21.9 Å². The Bertz CT molecular complexity index is 1680. The summed E-state index contributed by atoms with van der Waals surface area (Å²) in [7, 11) is 4.24. The third kappa shape index (κ3) is 1.98. The van der Waals surface area contributed by atoms with E-state index in [-0.39, 0.29) is 0 Å². The van der Waals surface area contributed by atoms with Crippen LogP contribution in [0.2, 0.25) is 0 Å². The average molecular weight is 372 g/mol. The van der Waals surface area contributed by atoms with Gasteiger partial charge in [-0.25, -0.2) is 0 Å². The molecule has 1 aromatic heterocycles. The summed E-state index contributed by atoms with van der Waals surface area (Å²) in [6.07, 6.45) is 0. The zero-order chi connectivity index (χ0) is 19.7. The first-order valence-corrected chi connectivity index (χ1v) is 9.73. The van der Waals surface area contributed by atoms with Crippen molar-refractivity contribution in [3.05, 3.63) is 94.3 Å². The molecule has 0 aliphatic carbocycles. The zero-order valence-electron chi connectivity index (χ0n) is 16.3. The number of nitrogens with zero attached hydrogens (tertiary/aromatic N) is 3. The van der Waals surface area contributed by atoms with Crippen LogP contribution >= 0.6 is 0 Å². The van der Waals surface area contributed by atoms with Crippen molar-refractivity contribution < 1.29 is 0 Å². The van der Waals surface area contributed by atoms with Crippen molar-refractivity contribution in [2.24, 2.45) is 7.05 Å². The van der Waals surface area contributed by atoms with E-state index in [1.165, 1.54) is 43.5 Å². The van der Waals surface area contributed by atoms with Gasteiger partial charge >= 0.3 is 0 Å². The molecule has 3 nitrogen and oxygen atoms in total. The van der Waals surface area contributed by atoms with Crippen molar-refractivity contribution in [3.8, 4) is 17.2 Å². The van der Waals surface area contributed by atoms with Crippen LogP contribution < -0.4 is 9.93 Å². The molecule has 1 aliphatic heterocycles. The molecule has 136 valence electrons. The van der Waals surface area contributed by atoms with Crippen LogP contribution in [0.4, 0.5) is 5.69 Å². The lowest BCUT2D eigenvalue weighted by Crippen LogP contribution is -2.17. The number of para-hydroxylation sites is 1. The molecule has 0 unspecified atom stereocenters. The maximum absolute atomic E-state index is 9.54. The molecule has 0 bridgehead atoms. The van der Waals surface area contributed by atoms with Crippen LogP contribution in [0.3, 0.4) is 0 Å². The van der Waals surface area contributed by atoms with Crippen molar-refractivity contribution in [1.29, 1.82) is 5.26 Å². The molecule has 2 heterocycles. The lowest BCUT2D eigenvalue weighted by Gasteiger charge is -2.00. The fourth-order valence-corrected chi connectivity index (χ4v) is 4.93. The van der Waals surface area contributed by atoms with Crippen LogP contribution in [0.5, 0.6) is 0 Å². The summed E-state index contributed by atoms with van der Waals surface area (Å²) in [5.74, 6) is 0. The second kappa shape index (κ2) is 5.56. The zero-order valence-corrected chi connectivity index (χ0v) is 16.3. The second-order valence-electron chi connectivity index (χ2n) is 7.69. The lowest BCUT2D eigenvalue weighted by atomic mass is 10.0. The van der Waals surface area contributed by atoms with Gasteiger partial charge in [0.05, 0.1) is 28.1 Å². The molecule has 0 fully saturated rings. The average Bonchev–Trinajstić information content (AvgIpc) is 3.22. The Kier molecular flexibility index (Phi) is 3.08. The number of rotatable bonds is 0. The highest BCUT2D eigenvalue weighted by Gasteiger charge is 2.24. The molecule has 0 saturated heterocycles. The number of hydrogen-bond acceptors (Lipinski definition) is 1. The van der Waals surface area contributed by atoms with Gasteiger partial charge in [-0.2, -0.15) is 9.84 Å². The number of benzene rings is 4. The monoisotopic (exact) mass is 372 g/mol. The van der Waals surface area contributed by atoms with E-state index in [1.807, 2.05) is 18.2 Å². The number of nitriles is 1. The first-order valence-electron chi connectivity index (χ1n) is 9.73. The summed E-state index contributed by atoms with van der Waals surface area (Å²) in [5, 5.41) is 16.5. The van der Waals surface area contributed by atoms with E-state index in [2.05, 4.69) is 83.9 Å². The van der Waals surface area contributed by atoms with Crippen LogP contribution in [0.1, 0.15) is 5.56 Å². The summed E-state index contributed by atoms with van der Waals surface area (Å²) < 4.78 is 4.51. The summed E-state index contributed by atoms with van der Waals surface area (Å²) in [6, 6.07) is 27.9. The molecule has 0 amide bonds. The van der Waals surface area contributed by atoms with Crippen LogP contribution in [0.25, 0.3) is 32.8 Å². The van der Waals surface area contributed by atoms with E-state index in [0.29, 0.717) is 0 Å². The minimum absolute atomic E-state index is 0.727. The van der Waals surface area contributed by atoms with Crippen LogP contribution in [0.15, 0.2) is 72.8 Å². The maximum atomic E-state index is 9.54. The Balaban J connectivity index is 1.84. The summed E-state index contributed by atoms with van der Waals surface area (Å²) in [5.41, 5.74) is 5.67. The predicted octanol–water partition coefficient (Wildman–Crippen LogP) is 4.64. The molecule has 0 saturated carbocycles. The third-order valence-electron chi connectivity index (χ3n) is 6.28. The Morgan fingerprint density at radius 2 is 1.72 bits per heavy atom. The van der Waals surface area contributed by atoms with Crippen molar-refractivity contribution in [2.45, 2.75) is 0 Å². The Morgan fingerprint density at radius 1 is 0.862 bits per heavy atom. The van der Waals surface area contributed by atoms with E-state index in [1.54, 1.807) is 0 Å². The molecule has 0 atom stereocenters. The maximum Gasteiger partial charge on any atom is 0.213 e. The van der Waals surface area contributed by atoms with E-state index in [9.17, 15) is 5.26 Å². The van der Waals surface area contributed by atoms with E-state index >= 15 is 0 Å². The molecular formula is C26H18N3+. The molecule has 4 aromatic carbocycles. The van der Waals surface area contributed by atoms with Gasteiger partial charge in [0, 0.05) is 40.9 Å². The van der Waals surface area contributed by atoms with Gasteiger partial charge in [-0.15, -0.1) is 0 Å². The van der Waals surface area contributed by atoms with Crippen molar-refractivity contribution in [2.75, 3.05) is 7.05 Å². The van der Waals surface area contributed by atoms with Gasteiger partial charge in [-0.1, -0.05) is 30.3 Å². The Hall–Kier alpha value is -3.90. The molecule has 29 heavy (non-hydrogen) atoms. The summed E-state index contributed by atoms with van der Waals surface area (Å²) in [6.45, 7) is 0. The highest BCUT2D eigenvalue weighted by atomic mass is 15.0. The van der Waals surface area contributed by atoms with E-state index in [0.717, 1.165) is 16.5 Å². The molecule has 3 heteroatoms. The standard InChI is InChI=1S/C26H18N3/c1-28-22-8-4-3-6-19(22)21-14-16(11-13-23(21)28)26-20-12-10-17(15-27)18-7-5-9-24(25(18)20)29(26)2/h3-14H,1-2H3/q+1. The molecule has 0 spiro atoms. The molecule has 5 aromatic rings. The molecular weight excluding hydrogens is 354 g/mol. The van der Waals surface area contributed by atoms with Gasteiger partial charge in [0.2, 0.25) is 11.0 Å². The first-order chi connectivity index (χ1) is 14.2. The fourth-order valence-electron chi connectivity index (χ4n) is 4.93. The smallest absolute Gasteiger partial charge is 0.213 e. The van der Waals surface area contributed by atoms with Gasteiger partial charge in [0.25, 0.3) is 0 Å². The highest BCUT2D eigenvalue weighted by molar-refractivity contribution is 6.11.